The summed E-state index contributed by atoms with van der Waals surface area (Å²) in [7, 11) is 0. The van der Waals surface area contributed by atoms with Crippen LogP contribution in [0.5, 0.6) is 5.75 Å². The standard InChI is InChI=1S/C13H10BrN3O/c14-12-11-7-9(15)5-6-17(11)13(16-12)8-1-3-10(18)4-2-8/h1-7,18H,15H2. The number of hydrogen-bond donors (Lipinski definition) is 2. The van der Waals surface area contributed by atoms with E-state index >= 15 is 0 Å². The summed E-state index contributed by atoms with van der Waals surface area (Å²) < 4.78 is 2.70. The van der Waals surface area contributed by atoms with E-state index in [0.29, 0.717) is 5.69 Å². The van der Waals surface area contributed by atoms with Gasteiger partial charge in [0.25, 0.3) is 0 Å². The lowest BCUT2D eigenvalue weighted by Crippen LogP contribution is -1.91. The molecule has 0 aliphatic carbocycles. The lowest BCUT2D eigenvalue weighted by Gasteiger charge is -2.02. The second-order valence-corrected chi connectivity index (χ2v) is 4.74. The minimum absolute atomic E-state index is 0.239. The van der Waals surface area contributed by atoms with Crippen LogP contribution >= 0.6 is 15.9 Å². The van der Waals surface area contributed by atoms with E-state index < -0.39 is 0 Å². The number of rotatable bonds is 1. The van der Waals surface area contributed by atoms with Crippen LogP contribution in [-0.4, -0.2) is 14.5 Å². The Balaban J connectivity index is 2.26. The molecule has 18 heavy (non-hydrogen) atoms. The molecule has 2 aromatic heterocycles. The molecule has 3 aromatic rings. The summed E-state index contributed by atoms with van der Waals surface area (Å²) in [4.78, 5) is 4.47. The maximum Gasteiger partial charge on any atom is 0.145 e. The number of aromatic nitrogens is 2. The Hall–Kier alpha value is -2.01. The van der Waals surface area contributed by atoms with Gasteiger partial charge in [-0.3, -0.25) is 4.40 Å². The number of nitrogens with zero attached hydrogens (tertiary/aromatic N) is 2. The Morgan fingerprint density at radius 2 is 1.89 bits per heavy atom. The fraction of sp³-hybridized carbons (Fsp3) is 0. The summed E-state index contributed by atoms with van der Waals surface area (Å²) in [6.45, 7) is 0. The molecule has 0 bridgehead atoms. The molecule has 0 aliphatic heterocycles. The summed E-state index contributed by atoms with van der Waals surface area (Å²) in [5.74, 6) is 1.04. The van der Waals surface area contributed by atoms with Gasteiger partial charge in [0.1, 0.15) is 16.2 Å². The van der Waals surface area contributed by atoms with Gasteiger partial charge in [-0.25, -0.2) is 4.98 Å². The number of imidazole rings is 1. The van der Waals surface area contributed by atoms with Crippen LogP contribution in [-0.2, 0) is 0 Å². The van der Waals surface area contributed by atoms with Crippen molar-refractivity contribution in [3.05, 3.63) is 47.2 Å². The SMILES string of the molecule is Nc1ccn2c(-c3ccc(O)cc3)nc(Br)c2c1. The molecule has 0 amide bonds. The average molecular weight is 304 g/mol. The van der Waals surface area contributed by atoms with Crippen molar-refractivity contribution in [3.8, 4) is 17.1 Å². The largest absolute Gasteiger partial charge is 0.508 e. The molecule has 90 valence electrons. The van der Waals surface area contributed by atoms with Crippen molar-refractivity contribution < 1.29 is 5.11 Å². The van der Waals surface area contributed by atoms with Gasteiger partial charge in [-0.15, -0.1) is 0 Å². The van der Waals surface area contributed by atoms with Crippen LogP contribution in [0.2, 0.25) is 0 Å². The van der Waals surface area contributed by atoms with E-state index in [1.165, 1.54) is 0 Å². The number of pyridine rings is 1. The highest BCUT2D eigenvalue weighted by Crippen LogP contribution is 2.28. The molecule has 0 atom stereocenters. The van der Waals surface area contributed by atoms with Crippen LogP contribution in [0.4, 0.5) is 5.69 Å². The molecule has 2 heterocycles. The van der Waals surface area contributed by atoms with E-state index in [0.717, 1.165) is 21.5 Å². The maximum atomic E-state index is 9.31. The van der Waals surface area contributed by atoms with Crippen LogP contribution < -0.4 is 5.73 Å². The average Bonchev–Trinajstić information content (AvgIpc) is 2.68. The Labute approximate surface area is 112 Å². The maximum absolute atomic E-state index is 9.31. The molecule has 0 saturated heterocycles. The van der Waals surface area contributed by atoms with Crippen molar-refractivity contribution in [1.29, 1.82) is 0 Å². The number of benzene rings is 1. The van der Waals surface area contributed by atoms with Crippen LogP contribution in [0.25, 0.3) is 16.9 Å². The van der Waals surface area contributed by atoms with E-state index in [9.17, 15) is 5.11 Å². The second-order valence-electron chi connectivity index (χ2n) is 3.99. The molecule has 4 nitrogen and oxygen atoms in total. The third kappa shape index (κ3) is 1.73. The van der Waals surface area contributed by atoms with Gasteiger partial charge in [-0.1, -0.05) is 0 Å². The first-order chi connectivity index (χ1) is 8.65. The Kier molecular flexibility index (Phi) is 2.48. The number of phenolic OH excluding ortho intramolecular Hbond substituents is 1. The van der Waals surface area contributed by atoms with E-state index in [1.807, 2.05) is 34.9 Å². The number of aromatic hydroxyl groups is 1. The monoisotopic (exact) mass is 303 g/mol. The van der Waals surface area contributed by atoms with Crippen LogP contribution in [0.3, 0.4) is 0 Å². The highest BCUT2D eigenvalue weighted by Gasteiger charge is 2.10. The molecule has 5 heteroatoms. The Bertz CT molecular complexity index is 719. The smallest absolute Gasteiger partial charge is 0.145 e. The van der Waals surface area contributed by atoms with Gasteiger partial charge in [-0.2, -0.15) is 0 Å². The molecular weight excluding hydrogens is 294 g/mol. The fourth-order valence-electron chi connectivity index (χ4n) is 1.88. The molecule has 0 saturated carbocycles. The third-order valence-electron chi connectivity index (χ3n) is 2.75. The summed E-state index contributed by atoms with van der Waals surface area (Å²) >= 11 is 3.43. The normalized spacial score (nSPS) is 10.9. The Morgan fingerprint density at radius 1 is 1.17 bits per heavy atom. The number of phenols is 1. The molecule has 3 N–H and O–H groups in total. The van der Waals surface area contributed by atoms with Gasteiger partial charge in [-0.05, 0) is 52.3 Å². The van der Waals surface area contributed by atoms with Crippen molar-refractivity contribution in [3.63, 3.8) is 0 Å². The summed E-state index contributed by atoms with van der Waals surface area (Å²) in [6.07, 6.45) is 1.88. The van der Waals surface area contributed by atoms with Crippen molar-refractivity contribution in [2.75, 3.05) is 5.73 Å². The number of hydrogen-bond acceptors (Lipinski definition) is 3. The molecule has 3 rings (SSSR count). The van der Waals surface area contributed by atoms with Crippen molar-refractivity contribution in [2.24, 2.45) is 0 Å². The van der Waals surface area contributed by atoms with E-state index in [1.54, 1.807) is 12.1 Å². The number of halogens is 1. The van der Waals surface area contributed by atoms with Crippen LogP contribution in [0.1, 0.15) is 0 Å². The predicted molar refractivity (Wildman–Crippen MR) is 74.4 cm³/mol. The van der Waals surface area contributed by atoms with Gasteiger partial charge in [0.05, 0.1) is 5.52 Å². The first kappa shape index (κ1) is 11.1. The van der Waals surface area contributed by atoms with Crippen molar-refractivity contribution >= 4 is 27.1 Å². The predicted octanol–water partition coefficient (Wildman–Crippen LogP) is 3.05. The number of nitrogens with two attached hydrogens (primary N) is 1. The van der Waals surface area contributed by atoms with E-state index in [2.05, 4.69) is 20.9 Å². The number of anilines is 1. The zero-order valence-corrected chi connectivity index (χ0v) is 10.9. The van der Waals surface area contributed by atoms with Gasteiger partial charge in [0.15, 0.2) is 0 Å². The Morgan fingerprint density at radius 3 is 2.61 bits per heavy atom. The van der Waals surface area contributed by atoms with Crippen LogP contribution in [0, 0.1) is 0 Å². The lowest BCUT2D eigenvalue weighted by molar-refractivity contribution is 0.475. The van der Waals surface area contributed by atoms with Gasteiger partial charge >= 0.3 is 0 Å². The van der Waals surface area contributed by atoms with Crippen LogP contribution in [0.15, 0.2) is 47.2 Å². The summed E-state index contributed by atoms with van der Waals surface area (Å²) in [5.41, 5.74) is 8.30. The van der Waals surface area contributed by atoms with Crippen molar-refractivity contribution in [2.45, 2.75) is 0 Å². The molecule has 1 aromatic carbocycles. The molecule has 0 aliphatic rings. The topological polar surface area (TPSA) is 63.5 Å². The third-order valence-corrected chi connectivity index (χ3v) is 3.33. The minimum Gasteiger partial charge on any atom is -0.508 e. The summed E-state index contributed by atoms with van der Waals surface area (Å²) in [6, 6.07) is 10.6. The highest BCUT2D eigenvalue weighted by atomic mass is 79.9. The minimum atomic E-state index is 0.239. The number of fused-ring (bicyclic) bond motifs is 1. The number of nitrogen functional groups attached to an aromatic ring is 1. The van der Waals surface area contributed by atoms with Crippen molar-refractivity contribution in [1.82, 2.24) is 9.38 Å². The second kappa shape index (κ2) is 4.03. The molecule has 0 spiro atoms. The molecule has 0 unspecified atom stereocenters. The highest BCUT2D eigenvalue weighted by molar-refractivity contribution is 9.10. The summed E-state index contributed by atoms with van der Waals surface area (Å²) in [5, 5.41) is 9.31. The zero-order valence-electron chi connectivity index (χ0n) is 9.34. The first-order valence-corrected chi connectivity index (χ1v) is 6.17. The first-order valence-electron chi connectivity index (χ1n) is 5.37. The van der Waals surface area contributed by atoms with E-state index in [4.69, 9.17) is 5.73 Å². The molecular formula is C13H10BrN3O. The lowest BCUT2D eigenvalue weighted by atomic mass is 10.2. The fourth-order valence-corrected chi connectivity index (χ4v) is 2.35. The van der Waals surface area contributed by atoms with E-state index in [-0.39, 0.29) is 5.75 Å². The molecule has 0 fully saturated rings. The zero-order chi connectivity index (χ0) is 12.7. The quantitative estimate of drug-likeness (QED) is 0.726. The molecule has 0 radical (unpaired) electrons. The van der Waals surface area contributed by atoms with Gasteiger partial charge in [0.2, 0.25) is 0 Å². The van der Waals surface area contributed by atoms with Gasteiger partial charge in [0, 0.05) is 17.4 Å². The van der Waals surface area contributed by atoms with Gasteiger partial charge < -0.3 is 10.8 Å².